The van der Waals surface area contributed by atoms with Crippen LogP contribution in [-0.2, 0) is 19.1 Å². The summed E-state index contributed by atoms with van der Waals surface area (Å²) in [4.78, 5) is 23.8. The molecule has 0 aromatic rings. The van der Waals surface area contributed by atoms with Crippen molar-refractivity contribution in [1.82, 2.24) is 0 Å². The van der Waals surface area contributed by atoms with E-state index in [1.807, 2.05) is 13.8 Å². The van der Waals surface area contributed by atoms with Gasteiger partial charge in [0.1, 0.15) is 0 Å². The van der Waals surface area contributed by atoms with Crippen LogP contribution >= 0.6 is 0 Å². The second-order valence-electron chi connectivity index (χ2n) is 5.89. The molecule has 0 aromatic heterocycles. The summed E-state index contributed by atoms with van der Waals surface area (Å²) in [5, 5.41) is 0. The highest BCUT2D eigenvalue weighted by Gasteiger charge is 2.68. The zero-order chi connectivity index (χ0) is 13.4. The van der Waals surface area contributed by atoms with E-state index in [4.69, 9.17) is 9.47 Å². The number of carbonyl (C=O) groups is 2. The van der Waals surface area contributed by atoms with Gasteiger partial charge in [-0.1, -0.05) is 33.5 Å². The van der Waals surface area contributed by atoms with Crippen LogP contribution in [0.1, 0.15) is 20.8 Å². The molecular weight excluding hydrogens is 236 g/mol. The molecule has 0 aromatic carbocycles. The van der Waals surface area contributed by atoms with Crippen LogP contribution in [0.25, 0.3) is 0 Å². The summed E-state index contributed by atoms with van der Waals surface area (Å²) in [5.41, 5.74) is -1.34. The van der Waals surface area contributed by atoms with Crippen molar-refractivity contribution in [2.45, 2.75) is 51.6 Å². The summed E-state index contributed by atoms with van der Waals surface area (Å²) >= 11 is 0. The number of carbonyl (C=O) groups excluding carboxylic acids is 2. The monoisotopic (exact) mass is 258 g/mol. The Morgan fingerprint density at radius 2 is 2.00 bits per heavy atom. The van der Waals surface area contributed by atoms with Gasteiger partial charge in [-0.05, 0) is 6.92 Å². The van der Waals surface area contributed by atoms with E-state index in [2.05, 4.69) is 19.6 Å². The Hall–Kier alpha value is -0.843. The first-order valence-corrected chi connectivity index (χ1v) is 9.65. The van der Waals surface area contributed by atoms with Crippen LogP contribution in [0, 0.1) is 5.92 Å². The minimum atomic E-state index is -1.80. The van der Waals surface area contributed by atoms with Gasteiger partial charge in [0, 0.05) is 5.92 Å². The lowest BCUT2D eigenvalue weighted by atomic mass is 9.82. The highest BCUT2D eigenvalue weighted by atomic mass is 28.3. The maximum absolute atomic E-state index is 12.1. The van der Waals surface area contributed by atoms with Gasteiger partial charge in [-0.2, -0.15) is 0 Å². The fraction of sp³-hybridized carbons (Fsp3) is 0.833. The van der Waals surface area contributed by atoms with Gasteiger partial charge in [0.15, 0.2) is 0 Å². The molecule has 2 atom stereocenters. The van der Waals surface area contributed by atoms with Crippen molar-refractivity contribution in [3.8, 4) is 0 Å². The van der Waals surface area contributed by atoms with Crippen LogP contribution in [0.2, 0.25) is 25.2 Å². The van der Waals surface area contributed by atoms with E-state index in [1.165, 1.54) is 0 Å². The van der Waals surface area contributed by atoms with Crippen LogP contribution in [0.4, 0.5) is 0 Å². The van der Waals surface area contributed by atoms with Gasteiger partial charge in [-0.3, -0.25) is 4.79 Å². The average molecular weight is 258 g/mol. The lowest BCUT2D eigenvalue weighted by molar-refractivity contribution is -0.215. The Morgan fingerprint density at radius 1 is 1.47 bits per heavy atom. The minimum Gasteiger partial charge on any atom is -0.463 e. The summed E-state index contributed by atoms with van der Waals surface area (Å²) in [6.45, 7) is 12.1. The first-order chi connectivity index (χ1) is 7.67. The number of hydrogen-bond acceptors (Lipinski definition) is 4. The maximum Gasteiger partial charge on any atom is 0.351 e. The normalized spacial score (nSPS) is 28.6. The maximum atomic E-state index is 12.1. The number of ether oxygens (including phenoxy) is 2. The molecule has 1 heterocycles. The summed E-state index contributed by atoms with van der Waals surface area (Å²) < 4.78 is 10.4. The third kappa shape index (κ3) is 2.12. The van der Waals surface area contributed by atoms with Gasteiger partial charge in [0.05, 0.1) is 20.2 Å². The molecule has 1 aliphatic heterocycles. The molecule has 5 heteroatoms. The van der Waals surface area contributed by atoms with Crippen molar-refractivity contribution in [2.75, 3.05) is 6.61 Å². The molecule has 1 saturated heterocycles. The summed E-state index contributed by atoms with van der Waals surface area (Å²) in [6.07, 6.45) is 0. The molecule has 98 valence electrons. The van der Waals surface area contributed by atoms with E-state index >= 15 is 0 Å². The van der Waals surface area contributed by atoms with Crippen LogP contribution < -0.4 is 0 Å². The van der Waals surface area contributed by atoms with E-state index < -0.39 is 13.7 Å². The van der Waals surface area contributed by atoms with Crippen molar-refractivity contribution >= 4 is 20.0 Å². The molecule has 0 spiro atoms. The van der Waals surface area contributed by atoms with Crippen LogP contribution in [0.15, 0.2) is 0 Å². The number of cyclic esters (lactones) is 1. The Labute approximate surface area is 104 Å². The summed E-state index contributed by atoms with van der Waals surface area (Å²) in [7, 11) is -1.80. The van der Waals surface area contributed by atoms with E-state index in [-0.39, 0.29) is 23.4 Å². The first kappa shape index (κ1) is 14.2. The van der Waals surface area contributed by atoms with Crippen molar-refractivity contribution < 1.29 is 19.1 Å². The molecule has 0 N–H and O–H groups in total. The Morgan fingerprint density at radius 3 is 2.29 bits per heavy atom. The van der Waals surface area contributed by atoms with Gasteiger partial charge >= 0.3 is 11.9 Å². The first-order valence-electron chi connectivity index (χ1n) is 6.08. The minimum absolute atomic E-state index is 0.0593. The standard InChI is InChI=1S/C12H22O4Si/c1-7-15-11(14)12(8(2)3)9(10(13)16-12)17(4,5)6/h8-9H,7H2,1-6H3/t9?,12-/m0/s1. The molecule has 1 rings (SSSR count). The molecule has 0 amide bonds. The second kappa shape index (κ2) is 4.44. The molecule has 17 heavy (non-hydrogen) atoms. The van der Waals surface area contributed by atoms with Gasteiger partial charge in [-0.25, -0.2) is 4.79 Å². The lowest BCUT2D eigenvalue weighted by Crippen LogP contribution is -2.68. The third-order valence-corrected chi connectivity index (χ3v) is 5.65. The predicted octanol–water partition coefficient (Wildman–Crippen LogP) is 2.21. The number of rotatable bonds is 4. The highest BCUT2D eigenvalue weighted by Crippen LogP contribution is 2.51. The zero-order valence-electron chi connectivity index (χ0n) is 11.5. The van der Waals surface area contributed by atoms with Crippen LogP contribution in [0.3, 0.4) is 0 Å². The molecule has 0 bridgehead atoms. The predicted molar refractivity (Wildman–Crippen MR) is 67.4 cm³/mol. The van der Waals surface area contributed by atoms with Gasteiger partial charge in [0.25, 0.3) is 0 Å². The summed E-state index contributed by atoms with van der Waals surface area (Å²) in [6, 6.07) is 0. The lowest BCUT2D eigenvalue weighted by Gasteiger charge is -2.52. The van der Waals surface area contributed by atoms with E-state index in [9.17, 15) is 9.59 Å². The van der Waals surface area contributed by atoms with Crippen LogP contribution in [0.5, 0.6) is 0 Å². The van der Waals surface area contributed by atoms with Crippen molar-refractivity contribution in [2.24, 2.45) is 5.92 Å². The summed E-state index contributed by atoms with van der Waals surface area (Å²) in [5.74, 6) is -0.691. The fourth-order valence-electron chi connectivity index (χ4n) is 2.49. The third-order valence-electron chi connectivity index (χ3n) is 3.25. The van der Waals surface area contributed by atoms with Gasteiger partial charge in [0.2, 0.25) is 5.60 Å². The molecule has 1 fully saturated rings. The topological polar surface area (TPSA) is 52.6 Å². The van der Waals surface area contributed by atoms with Crippen LogP contribution in [-0.4, -0.2) is 32.2 Å². The molecule has 0 saturated carbocycles. The molecule has 0 aliphatic carbocycles. The molecule has 4 nitrogen and oxygen atoms in total. The van der Waals surface area contributed by atoms with E-state index in [1.54, 1.807) is 6.92 Å². The van der Waals surface area contributed by atoms with Crippen molar-refractivity contribution in [3.05, 3.63) is 0 Å². The SMILES string of the molecule is CCOC(=O)[C@@]1(C(C)C)OC(=O)C1[Si](C)(C)C. The Bertz CT molecular complexity index is 332. The van der Waals surface area contributed by atoms with Gasteiger partial charge in [-0.15, -0.1) is 0 Å². The fourth-order valence-corrected chi connectivity index (χ4v) is 5.05. The smallest absolute Gasteiger partial charge is 0.351 e. The molecule has 1 unspecified atom stereocenters. The Balaban J connectivity index is 3.10. The number of esters is 2. The Kier molecular flexibility index (Phi) is 3.71. The second-order valence-corrected chi connectivity index (χ2v) is 11.2. The average Bonchev–Trinajstić information content (AvgIpc) is 2.09. The number of hydrogen-bond donors (Lipinski definition) is 0. The van der Waals surface area contributed by atoms with Crippen molar-refractivity contribution in [1.29, 1.82) is 0 Å². The van der Waals surface area contributed by atoms with E-state index in [0.29, 0.717) is 6.61 Å². The largest absolute Gasteiger partial charge is 0.463 e. The molecular formula is C12H22O4Si. The highest BCUT2D eigenvalue weighted by molar-refractivity contribution is 6.81. The zero-order valence-corrected chi connectivity index (χ0v) is 12.5. The van der Waals surface area contributed by atoms with Crippen molar-refractivity contribution in [3.63, 3.8) is 0 Å². The molecule has 1 aliphatic rings. The molecule has 0 radical (unpaired) electrons. The quantitative estimate of drug-likeness (QED) is 0.573. The van der Waals surface area contributed by atoms with E-state index in [0.717, 1.165) is 0 Å². The van der Waals surface area contributed by atoms with Gasteiger partial charge < -0.3 is 9.47 Å².